The van der Waals surface area contributed by atoms with Crippen LogP contribution in [-0.4, -0.2) is 18.0 Å². The molecule has 7 heteroatoms. The number of nitrogens with zero attached hydrogens (tertiary/aromatic N) is 1. The SMILES string of the molecule is COc1ccc(OCc2nc(C(=O)NCc3ccco3)cs2)cc1. The summed E-state index contributed by atoms with van der Waals surface area (Å²) in [5.41, 5.74) is 0.375. The van der Waals surface area contributed by atoms with Crippen LogP contribution in [0.5, 0.6) is 11.5 Å². The zero-order chi connectivity index (χ0) is 16.8. The molecule has 1 aromatic carbocycles. The molecule has 124 valence electrons. The first-order valence-electron chi connectivity index (χ1n) is 7.26. The number of rotatable bonds is 7. The van der Waals surface area contributed by atoms with Crippen molar-refractivity contribution in [3.05, 3.63) is 64.5 Å². The highest BCUT2D eigenvalue weighted by molar-refractivity contribution is 7.09. The second-order valence-electron chi connectivity index (χ2n) is 4.85. The van der Waals surface area contributed by atoms with Gasteiger partial charge in [-0.3, -0.25) is 4.79 Å². The number of carbonyl (C=O) groups excluding carboxylic acids is 1. The fourth-order valence-electron chi connectivity index (χ4n) is 1.97. The predicted molar refractivity (Wildman–Crippen MR) is 89.3 cm³/mol. The van der Waals surface area contributed by atoms with E-state index in [0.29, 0.717) is 24.6 Å². The maximum atomic E-state index is 12.0. The Morgan fingerprint density at radius 3 is 2.75 bits per heavy atom. The average Bonchev–Trinajstić information content (AvgIpc) is 3.30. The van der Waals surface area contributed by atoms with E-state index in [2.05, 4.69) is 10.3 Å². The molecular formula is C17H16N2O4S. The Morgan fingerprint density at radius 2 is 2.04 bits per heavy atom. The number of benzene rings is 1. The summed E-state index contributed by atoms with van der Waals surface area (Å²) in [6.45, 7) is 0.642. The lowest BCUT2D eigenvalue weighted by Gasteiger charge is -2.05. The van der Waals surface area contributed by atoms with E-state index in [0.717, 1.165) is 16.5 Å². The summed E-state index contributed by atoms with van der Waals surface area (Å²) in [6.07, 6.45) is 1.57. The maximum absolute atomic E-state index is 12.0. The zero-order valence-electron chi connectivity index (χ0n) is 13.0. The van der Waals surface area contributed by atoms with Gasteiger partial charge < -0.3 is 19.2 Å². The van der Waals surface area contributed by atoms with Crippen LogP contribution in [0.1, 0.15) is 21.3 Å². The van der Waals surface area contributed by atoms with Gasteiger partial charge in [0, 0.05) is 5.38 Å². The Hall–Kier alpha value is -2.80. The standard InChI is InChI=1S/C17H16N2O4S/c1-21-12-4-6-13(7-5-12)23-10-16-19-15(11-24-16)17(20)18-9-14-3-2-8-22-14/h2-8,11H,9-10H2,1H3,(H,18,20). The minimum Gasteiger partial charge on any atom is -0.497 e. The number of hydrogen-bond donors (Lipinski definition) is 1. The van der Waals surface area contributed by atoms with Crippen LogP contribution in [0.3, 0.4) is 0 Å². The molecule has 0 aliphatic carbocycles. The molecule has 0 aliphatic heterocycles. The van der Waals surface area contributed by atoms with Gasteiger partial charge >= 0.3 is 0 Å². The predicted octanol–water partition coefficient (Wildman–Crippen LogP) is 3.25. The summed E-state index contributed by atoms with van der Waals surface area (Å²) < 4.78 is 15.9. The quantitative estimate of drug-likeness (QED) is 0.712. The third-order valence-corrected chi connectivity index (χ3v) is 4.03. The summed E-state index contributed by atoms with van der Waals surface area (Å²) >= 11 is 1.38. The van der Waals surface area contributed by atoms with Crippen molar-refractivity contribution >= 4 is 17.2 Å². The summed E-state index contributed by atoms with van der Waals surface area (Å²) in [7, 11) is 1.61. The second-order valence-corrected chi connectivity index (χ2v) is 5.80. The lowest BCUT2D eigenvalue weighted by atomic mass is 10.3. The lowest BCUT2D eigenvalue weighted by Crippen LogP contribution is -2.22. The van der Waals surface area contributed by atoms with Gasteiger partial charge in [-0.2, -0.15) is 0 Å². The van der Waals surface area contributed by atoms with Crippen molar-refractivity contribution < 1.29 is 18.7 Å². The first-order chi connectivity index (χ1) is 11.7. The van der Waals surface area contributed by atoms with Crippen LogP contribution >= 0.6 is 11.3 Å². The fraction of sp³-hybridized carbons (Fsp3) is 0.176. The van der Waals surface area contributed by atoms with Crippen LogP contribution < -0.4 is 14.8 Å². The number of furan rings is 1. The minimum atomic E-state index is -0.238. The van der Waals surface area contributed by atoms with Crippen molar-refractivity contribution in [3.8, 4) is 11.5 Å². The topological polar surface area (TPSA) is 73.6 Å². The van der Waals surface area contributed by atoms with E-state index in [9.17, 15) is 4.79 Å². The van der Waals surface area contributed by atoms with Gasteiger partial charge in [-0.25, -0.2) is 4.98 Å². The van der Waals surface area contributed by atoms with Crippen molar-refractivity contribution in [2.75, 3.05) is 7.11 Å². The van der Waals surface area contributed by atoms with Crippen molar-refractivity contribution in [1.29, 1.82) is 0 Å². The maximum Gasteiger partial charge on any atom is 0.271 e. The van der Waals surface area contributed by atoms with E-state index in [-0.39, 0.29) is 5.91 Å². The van der Waals surface area contributed by atoms with Gasteiger partial charge in [0.2, 0.25) is 0 Å². The molecule has 6 nitrogen and oxygen atoms in total. The molecule has 1 amide bonds. The van der Waals surface area contributed by atoms with E-state index in [1.54, 1.807) is 30.9 Å². The summed E-state index contributed by atoms with van der Waals surface area (Å²) in [4.78, 5) is 16.3. The van der Waals surface area contributed by atoms with E-state index < -0.39 is 0 Å². The largest absolute Gasteiger partial charge is 0.497 e. The van der Waals surface area contributed by atoms with Gasteiger partial charge in [-0.15, -0.1) is 11.3 Å². The molecule has 0 atom stereocenters. The first kappa shape index (κ1) is 16.1. The Morgan fingerprint density at radius 1 is 1.25 bits per heavy atom. The molecule has 0 spiro atoms. The van der Waals surface area contributed by atoms with Gasteiger partial charge in [0.25, 0.3) is 5.91 Å². The van der Waals surface area contributed by atoms with Crippen LogP contribution in [0.2, 0.25) is 0 Å². The summed E-state index contributed by atoms with van der Waals surface area (Å²) in [6, 6.07) is 10.9. The summed E-state index contributed by atoms with van der Waals surface area (Å²) in [5.74, 6) is 1.95. The molecular weight excluding hydrogens is 328 g/mol. The number of ether oxygens (including phenoxy) is 2. The van der Waals surface area contributed by atoms with Crippen LogP contribution in [0, 0.1) is 0 Å². The molecule has 0 unspecified atom stereocenters. The van der Waals surface area contributed by atoms with Gasteiger partial charge in [0.05, 0.1) is 19.9 Å². The van der Waals surface area contributed by atoms with E-state index in [1.165, 1.54) is 11.3 Å². The van der Waals surface area contributed by atoms with Crippen LogP contribution in [-0.2, 0) is 13.2 Å². The minimum absolute atomic E-state index is 0.238. The van der Waals surface area contributed by atoms with E-state index >= 15 is 0 Å². The number of nitrogens with one attached hydrogen (secondary N) is 1. The van der Waals surface area contributed by atoms with Crippen LogP contribution in [0.25, 0.3) is 0 Å². The Labute approximate surface area is 143 Å². The van der Waals surface area contributed by atoms with Gasteiger partial charge in [-0.05, 0) is 36.4 Å². The van der Waals surface area contributed by atoms with Crippen molar-refractivity contribution in [1.82, 2.24) is 10.3 Å². The molecule has 3 aromatic rings. The van der Waals surface area contributed by atoms with Crippen molar-refractivity contribution in [2.24, 2.45) is 0 Å². The molecule has 2 aromatic heterocycles. The zero-order valence-corrected chi connectivity index (χ0v) is 13.8. The molecule has 3 rings (SSSR count). The van der Waals surface area contributed by atoms with Gasteiger partial charge in [-0.1, -0.05) is 0 Å². The highest BCUT2D eigenvalue weighted by Gasteiger charge is 2.11. The Bertz CT molecular complexity index is 781. The number of methoxy groups -OCH3 is 1. The molecule has 0 aliphatic rings. The molecule has 0 saturated heterocycles. The van der Waals surface area contributed by atoms with Crippen LogP contribution in [0.4, 0.5) is 0 Å². The highest BCUT2D eigenvalue weighted by Crippen LogP contribution is 2.19. The van der Waals surface area contributed by atoms with Crippen LogP contribution in [0.15, 0.2) is 52.5 Å². The number of carbonyl (C=O) groups is 1. The highest BCUT2D eigenvalue weighted by atomic mass is 32.1. The molecule has 2 heterocycles. The molecule has 1 N–H and O–H groups in total. The van der Waals surface area contributed by atoms with Crippen molar-refractivity contribution in [3.63, 3.8) is 0 Å². The molecule has 24 heavy (non-hydrogen) atoms. The Balaban J connectivity index is 1.51. The third-order valence-electron chi connectivity index (χ3n) is 3.21. The first-order valence-corrected chi connectivity index (χ1v) is 8.14. The number of amides is 1. The fourth-order valence-corrected chi connectivity index (χ4v) is 2.66. The molecule has 0 radical (unpaired) electrons. The molecule has 0 bridgehead atoms. The van der Waals surface area contributed by atoms with Crippen molar-refractivity contribution in [2.45, 2.75) is 13.2 Å². The average molecular weight is 344 g/mol. The second kappa shape index (κ2) is 7.65. The third kappa shape index (κ3) is 4.14. The van der Waals surface area contributed by atoms with E-state index in [4.69, 9.17) is 13.9 Å². The number of thiazole rings is 1. The Kier molecular flexibility index (Phi) is 5.12. The lowest BCUT2D eigenvalue weighted by molar-refractivity contribution is 0.0943. The van der Waals surface area contributed by atoms with Gasteiger partial charge in [0.1, 0.15) is 34.6 Å². The number of aromatic nitrogens is 1. The van der Waals surface area contributed by atoms with Gasteiger partial charge in [0.15, 0.2) is 0 Å². The molecule has 0 fully saturated rings. The number of hydrogen-bond acceptors (Lipinski definition) is 6. The smallest absolute Gasteiger partial charge is 0.271 e. The van der Waals surface area contributed by atoms with E-state index in [1.807, 2.05) is 24.3 Å². The molecule has 0 saturated carbocycles. The summed E-state index contributed by atoms with van der Waals surface area (Å²) in [5, 5.41) is 5.20. The normalized spacial score (nSPS) is 10.4. The monoisotopic (exact) mass is 344 g/mol.